The lowest BCUT2D eigenvalue weighted by atomic mass is 9.80. The molecule has 0 radical (unpaired) electrons. The number of amides is 2. The molecular formula is C14H15NO3S. The number of carbonyl (C=O) groups is 2. The second kappa shape index (κ2) is 4.89. The van der Waals surface area contributed by atoms with Crippen LogP contribution in [0.25, 0.3) is 0 Å². The Labute approximate surface area is 115 Å². The third kappa shape index (κ3) is 2.23. The van der Waals surface area contributed by atoms with Gasteiger partial charge >= 0.3 is 0 Å². The highest BCUT2D eigenvalue weighted by molar-refractivity contribution is 8.15. The molecule has 4 nitrogen and oxygen atoms in total. The fourth-order valence-electron chi connectivity index (χ4n) is 2.90. The van der Waals surface area contributed by atoms with Crippen molar-refractivity contribution in [2.45, 2.75) is 30.4 Å². The summed E-state index contributed by atoms with van der Waals surface area (Å²) in [6.45, 7) is 0. The van der Waals surface area contributed by atoms with Crippen LogP contribution < -0.4 is 10.1 Å². The maximum Gasteiger partial charge on any atom is 0.286 e. The van der Waals surface area contributed by atoms with Gasteiger partial charge in [0, 0.05) is 5.92 Å². The van der Waals surface area contributed by atoms with Crippen molar-refractivity contribution in [2.24, 2.45) is 0 Å². The minimum absolute atomic E-state index is 0.131. The van der Waals surface area contributed by atoms with E-state index in [9.17, 15) is 9.59 Å². The van der Waals surface area contributed by atoms with Crippen LogP contribution in [0.1, 0.15) is 29.9 Å². The van der Waals surface area contributed by atoms with E-state index < -0.39 is 0 Å². The summed E-state index contributed by atoms with van der Waals surface area (Å²) < 4.78 is 5.24. The number of hydrogen-bond acceptors (Lipinski definition) is 4. The van der Waals surface area contributed by atoms with Gasteiger partial charge in [0.05, 0.1) is 7.11 Å². The molecule has 1 N–H and O–H groups in total. The Kier molecular flexibility index (Phi) is 3.22. The Hall–Kier alpha value is -1.49. The Balaban J connectivity index is 1.94. The molecule has 2 atom stereocenters. The van der Waals surface area contributed by atoms with Crippen molar-refractivity contribution in [3.8, 4) is 5.75 Å². The molecule has 1 aliphatic carbocycles. The molecule has 1 aromatic carbocycles. The predicted octanol–water partition coefficient (Wildman–Crippen LogP) is 2.47. The number of hydrogen-bond donors (Lipinski definition) is 1. The third-order valence-electron chi connectivity index (χ3n) is 3.79. The standard InChI is InChI=1S/C14H15NO3S/c1-18-9-5-6-10-8(7-9)3-2-4-11(10)12-13(16)15-14(17)19-12/h5-7,11-12H,2-4H2,1H3,(H,15,16,17)/t11-,12?/m1/s1. The third-order valence-corrected chi connectivity index (χ3v) is 4.91. The monoisotopic (exact) mass is 277 g/mol. The van der Waals surface area contributed by atoms with Crippen molar-refractivity contribution in [1.29, 1.82) is 0 Å². The van der Waals surface area contributed by atoms with Gasteiger partial charge in [-0.25, -0.2) is 0 Å². The molecule has 100 valence electrons. The van der Waals surface area contributed by atoms with E-state index in [1.807, 2.05) is 18.2 Å². The second-order valence-electron chi connectivity index (χ2n) is 4.88. The highest BCUT2D eigenvalue weighted by Crippen LogP contribution is 2.41. The topological polar surface area (TPSA) is 55.4 Å². The number of methoxy groups -OCH3 is 1. The highest BCUT2D eigenvalue weighted by atomic mass is 32.2. The molecule has 0 aromatic heterocycles. The fraction of sp³-hybridized carbons (Fsp3) is 0.429. The zero-order valence-corrected chi connectivity index (χ0v) is 11.5. The first kappa shape index (κ1) is 12.5. The van der Waals surface area contributed by atoms with E-state index in [0.29, 0.717) is 0 Å². The number of benzene rings is 1. The van der Waals surface area contributed by atoms with Gasteiger partial charge in [-0.05, 0) is 42.5 Å². The lowest BCUT2D eigenvalue weighted by Crippen LogP contribution is -2.30. The van der Waals surface area contributed by atoms with Crippen molar-refractivity contribution >= 4 is 22.9 Å². The van der Waals surface area contributed by atoms with E-state index in [0.717, 1.165) is 36.8 Å². The van der Waals surface area contributed by atoms with E-state index in [2.05, 4.69) is 5.32 Å². The number of nitrogens with one attached hydrogen (secondary N) is 1. The van der Waals surface area contributed by atoms with Crippen molar-refractivity contribution in [3.05, 3.63) is 29.3 Å². The molecule has 0 spiro atoms. The SMILES string of the molecule is COc1ccc2c(c1)CCC[C@H]2C1SC(=O)NC1=O. The summed E-state index contributed by atoms with van der Waals surface area (Å²) in [4.78, 5) is 23.2. The molecule has 3 rings (SSSR count). The van der Waals surface area contributed by atoms with Crippen LogP contribution in [-0.4, -0.2) is 23.5 Å². The predicted molar refractivity (Wildman–Crippen MR) is 73.6 cm³/mol. The first-order valence-corrected chi connectivity index (χ1v) is 7.25. The van der Waals surface area contributed by atoms with Crippen LogP contribution >= 0.6 is 11.8 Å². The van der Waals surface area contributed by atoms with Crippen LogP contribution in [-0.2, 0) is 11.2 Å². The molecule has 0 bridgehead atoms. The summed E-state index contributed by atoms with van der Waals surface area (Å²) in [5, 5.41) is 1.87. The van der Waals surface area contributed by atoms with Gasteiger partial charge < -0.3 is 4.74 Å². The Morgan fingerprint density at radius 1 is 1.37 bits per heavy atom. The van der Waals surface area contributed by atoms with Gasteiger partial charge in [-0.2, -0.15) is 0 Å². The van der Waals surface area contributed by atoms with E-state index in [1.165, 1.54) is 11.1 Å². The molecule has 19 heavy (non-hydrogen) atoms. The minimum Gasteiger partial charge on any atom is -0.497 e. The molecule has 1 saturated heterocycles. The van der Waals surface area contributed by atoms with Gasteiger partial charge in [-0.1, -0.05) is 17.8 Å². The van der Waals surface area contributed by atoms with Gasteiger partial charge in [-0.3, -0.25) is 14.9 Å². The molecule has 1 aliphatic heterocycles. The normalized spacial score (nSPS) is 25.9. The van der Waals surface area contributed by atoms with Crippen molar-refractivity contribution < 1.29 is 14.3 Å². The minimum atomic E-state index is -0.278. The molecule has 5 heteroatoms. The number of ether oxygens (including phenoxy) is 1. The van der Waals surface area contributed by atoms with Crippen molar-refractivity contribution in [3.63, 3.8) is 0 Å². The fourth-order valence-corrected chi connectivity index (χ4v) is 3.91. The molecule has 1 heterocycles. The van der Waals surface area contributed by atoms with Crippen molar-refractivity contribution in [1.82, 2.24) is 5.32 Å². The lowest BCUT2D eigenvalue weighted by molar-refractivity contribution is -0.119. The number of imide groups is 1. The Morgan fingerprint density at radius 3 is 2.89 bits per heavy atom. The average molecular weight is 277 g/mol. The maximum atomic E-state index is 11.8. The largest absolute Gasteiger partial charge is 0.497 e. The molecule has 1 unspecified atom stereocenters. The van der Waals surface area contributed by atoms with Gasteiger partial charge in [0.2, 0.25) is 5.91 Å². The van der Waals surface area contributed by atoms with Crippen LogP contribution in [0.15, 0.2) is 18.2 Å². The smallest absolute Gasteiger partial charge is 0.286 e. The Morgan fingerprint density at radius 2 is 2.21 bits per heavy atom. The summed E-state index contributed by atoms with van der Waals surface area (Å²) in [5.41, 5.74) is 2.43. The molecular weight excluding hydrogens is 262 g/mol. The van der Waals surface area contributed by atoms with Crippen LogP contribution in [0.3, 0.4) is 0 Å². The summed E-state index contributed by atoms with van der Waals surface area (Å²) >= 11 is 1.12. The first-order chi connectivity index (χ1) is 9.19. The summed E-state index contributed by atoms with van der Waals surface area (Å²) in [7, 11) is 1.65. The highest BCUT2D eigenvalue weighted by Gasteiger charge is 2.40. The molecule has 0 saturated carbocycles. The summed E-state index contributed by atoms with van der Waals surface area (Å²) in [6.07, 6.45) is 3.01. The zero-order chi connectivity index (χ0) is 13.4. The van der Waals surface area contributed by atoms with Gasteiger partial charge in [0.1, 0.15) is 11.0 Å². The van der Waals surface area contributed by atoms with Crippen LogP contribution in [0.5, 0.6) is 5.75 Å². The number of thioether (sulfide) groups is 1. The number of carbonyl (C=O) groups excluding carboxylic acids is 2. The molecule has 1 aromatic rings. The van der Waals surface area contributed by atoms with E-state index >= 15 is 0 Å². The van der Waals surface area contributed by atoms with Gasteiger partial charge in [-0.15, -0.1) is 0 Å². The van der Waals surface area contributed by atoms with E-state index in [1.54, 1.807) is 7.11 Å². The average Bonchev–Trinajstić information content (AvgIpc) is 2.76. The quantitative estimate of drug-likeness (QED) is 0.902. The summed E-state index contributed by atoms with van der Waals surface area (Å²) in [6, 6.07) is 6.01. The zero-order valence-electron chi connectivity index (χ0n) is 10.6. The summed E-state index contributed by atoms with van der Waals surface area (Å²) in [5.74, 6) is 0.828. The number of rotatable bonds is 2. The molecule has 2 amide bonds. The molecule has 1 fully saturated rings. The van der Waals surface area contributed by atoms with Gasteiger partial charge in [0.25, 0.3) is 5.24 Å². The number of fused-ring (bicyclic) bond motifs is 1. The first-order valence-electron chi connectivity index (χ1n) is 6.37. The molecule has 2 aliphatic rings. The number of aryl methyl sites for hydroxylation is 1. The Bertz CT molecular complexity index is 543. The van der Waals surface area contributed by atoms with Crippen LogP contribution in [0, 0.1) is 0 Å². The lowest BCUT2D eigenvalue weighted by Gasteiger charge is -2.28. The van der Waals surface area contributed by atoms with Crippen LogP contribution in [0.4, 0.5) is 4.79 Å². The second-order valence-corrected chi connectivity index (χ2v) is 5.99. The van der Waals surface area contributed by atoms with Crippen molar-refractivity contribution in [2.75, 3.05) is 7.11 Å². The van der Waals surface area contributed by atoms with Gasteiger partial charge in [0.15, 0.2) is 0 Å². The van der Waals surface area contributed by atoms with E-state index in [-0.39, 0.29) is 22.3 Å². The maximum absolute atomic E-state index is 11.8. The van der Waals surface area contributed by atoms with Crippen LogP contribution in [0.2, 0.25) is 0 Å². The van der Waals surface area contributed by atoms with E-state index in [4.69, 9.17) is 4.74 Å².